The Morgan fingerprint density at radius 3 is 2.39 bits per heavy atom. The van der Waals surface area contributed by atoms with Crippen molar-refractivity contribution < 1.29 is 15.3 Å². The van der Waals surface area contributed by atoms with Crippen LogP contribution in [0.25, 0.3) is 0 Å². The zero-order valence-electron chi connectivity index (χ0n) is 11.8. The van der Waals surface area contributed by atoms with E-state index in [4.69, 9.17) is 0 Å². The SMILES string of the molecule is CC1CC(C)C[NH+](CC2CCCCC2[NH+]([O-])O)C1. The van der Waals surface area contributed by atoms with Crippen molar-refractivity contribution in [2.75, 3.05) is 19.6 Å². The van der Waals surface area contributed by atoms with Crippen LogP contribution in [0.1, 0.15) is 46.0 Å². The predicted molar refractivity (Wildman–Crippen MR) is 70.4 cm³/mol. The van der Waals surface area contributed by atoms with Gasteiger partial charge in [-0.2, -0.15) is 0 Å². The minimum atomic E-state index is -0.558. The maximum atomic E-state index is 11.3. The quantitative estimate of drug-likeness (QED) is 0.617. The molecule has 0 radical (unpaired) electrons. The zero-order chi connectivity index (χ0) is 13.1. The molecule has 1 aliphatic heterocycles. The van der Waals surface area contributed by atoms with Gasteiger partial charge in [0.15, 0.2) is 0 Å². The molecule has 0 bridgehead atoms. The Morgan fingerprint density at radius 1 is 1.17 bits per heavy atom. The molecule has 5 unspecified atom stereocenters. The maximum absolute atomic E-state index is 11.3. The molecule has 2 fully saturated rings. The summed E-state index contributed by atoms with van der Waals surface area (Å²) in [7, 11) is 0. The fourth-order valence-corrected chi connectivity index (χ4v) is 4.24. The average Bonchev–Trinajstić information content (AvgIpc) is 2.27. The first kappa shape index (κ1) is 14.3. The fraction of sp³-hybridized carbons (Fsp3) is 1.00. The van der Waals surface area contributed by atoms with Gasteiger partial charge in [0.25, 0.3) is 0 Å². The molecule has 0 aromatic carbocycles. The molecular weight excluding hydrogens is 228 g/mol. The summed E-state index contributed by atoms with van der Waals surface area (Å²) in [5.74, 6) is 2.02. The van der Waals surface area contributed by atoms with E-state index in [0.29, 0.717) is 5.92 Å². The Hall–Kier alpha value is -0.160. The number of quaternary nitrogens is 2. The molecule has 4 nitrogen and oxygen atoms in total. The Balaban J connectivity index is 1.90. The van der Waals surface area contributed by atoms with Gasteiger partial charge in [0.05, 0.1) is 25.6 Å². The van der Waals surface area contributed by atoms with Gasteiger partial charge in [0.2, 0.25) is 0 Å². The predicted octanol–water partition coefficient (Wildman–Crippen LogP) is -0.122. The fourth-order valence-electron chi connectivity index (χ4n) is 4.24. The summed E-state index contributed by atoms with van der Waals surface area (Å²) < 4.78 is 0. The van der Waals surface area contributed by atoms with Crippen molar-refractivity contribution in [1.82, 2.24) is 0 Å². The third kappa shape index (κ3) is 3.67. The minimum Gasteiger partial charge on any atom is -0.600 e. The molecule has 0 aromatic rings. The van der Waals surface area contributed by atoms with Crippen molar-refractivity contribution in [3.63, 3.8) is 0 Å². The van der Waals surface area contributed by atoms with Gasteiger partial charge in [-0.1, -0.05) is 20.3 Å². The molecule has 2 rings (SSSR count). The van der Waals surface area contributed by atoms with Crippen molar-refractivity contribution in [3.05, 3.63) is 5.21 Å². The highest BCUT2D eigenvalue weighted by atomic mass is 16.8. The lowest BCUT2D eigenvalue weighted by molar-refractivity contribution is -1.07. The van der Waals surface area contributed by atoms with Crippen LogP contribution in [0, 0.1) is 23.0 Å². The number of likely N-dealkylation sites (tertiary alicyclic amines) is 1. The lowest BCUT2D eigenvalue weighted by Crippen LogP contribution is -3.17. The molecule has 0 spiro atoms. The van der Waals surface area contributed by atoms with Crippen molar-refractivity contribution in [1.29, 1.82) is 0 Å². The molecule has 18 heavy (non-hydrogen) atoms. The van der Waals surface area contributed by atoms with Gasteiger partial charge >= 0.3 is 0 Å². The molecule has 3 N–H and O–H groups in total. The third-order valence-electron chi connectivity index (χ3n) is 4.86. The number of hydrogen-bond donors (Lipinski definition) is 3. The van der Waals surface area contributed by atoms with E-state index >= 15 is 0 Å². The van der Waals surface area contributed by atoms with Crippen LogP contribution >= 0.6 is 0 Å². The summed E-state index contributed by atoms with van der Waals surface area (Å²) in [6, 6.07) is -0.0706. The smallest absolute Gasteiger partial charge is 0.125 e. The van der Waals surface area contributed by atoms with E-state index in [-0.39, 0.29) is 6.04 Å². The number of hydroxylamine groups is 2. The monoisotopic (exact) mass is 257 g/mol. The topological polar surface area (TPSA) is 52.2 Å². The lowest BCUT2D eigenvalue weighted by Gasteiger charge is -2.38. The van der Waals surface area contributed by atoms with Crippen LogP contribution in [-0.2, 0) is 0 Å². The van der Waals surface area contributed by atoms with Gasteiger partial charge in [-0.3, -0.25) is 0 Å². The molecule has 1 saturated heterocycles. The first-order chi connectivity index (χ1) is 8.56. The Bertz CT molecular complexity index is 250. The highest BCUT2D eigenvalue weighted by Gasteiger charge is 2.35. The van der Waals surface area contributed by atoms with E-state index < -0.39 is 5.23 Å². The van der Waals surface area contributed by atoms with Crippen molar-refractivity contribution in [2.24, 2.45) is 17.8 Å². The minimum absolute atomic E-state index is 0.0706. The molecule has 106 valence electrons. The number of rotatable bonds is 3. The van der Waals surface area contributed by atoms with Crippen molar-refractivity contribution >= 4 is 0 Å². The second kappa shape index (κ2) is 6.33. The van der Waals surface area contributed by atoms with E-state index in [0.717, 1.165) is 37.6 Å². The van der Waals surface area contributed by atoms with Crippen LogP contribution in [0.15, 0.2) is 0 Å². The van der Waals surface area contributed by atoms with Crippen LogP contribution < -0.4 is 10.1 Å². The second-order valence-electron chi connectivity index (χ2n) is 6.80. The first-order valence-electron chi connectivity index (χ1n) is 7.62. The van der Waals surface area contributed by atoms with Crippen LogP contribution in [0.2, 0.25) is 0 Å². The van der Waals surface area contributed by atoms with E-state index in [9.17, 15) is 10.4 Å². The molecule has 1 aliphatic carbocycles. The molecule has 1 heterocycles. The summed E-state index contributed by atoms with van der Waals surface area (Å²) in [5, 5.41) is 20.1. The summed E-state index contributed by atoms with van der Waals surface area (Å²) >= 11 is 0. The highest BCUT2D eigenvalue weighted by Crippen LogP contribution is 2.22. The van der Waals surface area contributed by atoms with Gasteiger partial charge in [0, 0.05) is 18.3 Å². The van der Waals surface area contributed by atoms with Crippen molar-refractivity contribution in [2.45, 2.75) is 52.0 Å². The van der Waals surface area contributed by atoms with E-state index in [1.165, 1.54) is 25.9 Å². The molecule has 4 heteroatoms. The first-order valence-corrected chi connectivity index (χ1v) is 7.62. The normalized spacial score (nSPS) is 43.7. The Morgan fingerprint density at radius 2 is 1.78 bits per heavy atom. The van der Waals surface area contributed by atoms with Crippen molar-refractivity contribution in [3.8, 4) is 0 Å². The van der Waals surface area contributed by atoms with Crippen LogP contribution in [-0.4, -0.2) is 30.9 Å². The van der Waals surface area contributed by atoms with Crippen LogP contribution in [0.5, 0.6) is 0 Å². The maximum Gasteiger partial charge on any atom is 0.125 e. The second-order valence-corrected chi connectivity index (χ2v) is 6.80. The standard InChI is InChI=1S/C14H28N2O2/c1-11-7-12(2)9-15(8-11)10-13-5-3-4-6-14(13)16(17)18/h11-14,16-17H,3-10H2,1-2H3/p+1. The summed E-state index contributed by atoms with van der Waals surface area (Å²) in [6.45, 7) is 8.25. The third-order valence-corrected chi connectivity index (χ3v) is 4.86. The van der Waals surface area contributed by atoms with Crippen LogP contribution in [0.3, 0.4) is 0 Å². The lowest BCUT2D eigenvalue weighted by atomic mass is 9.83. The Labute approximate surface area is 110 Å². The Kier molecular flexibility index (Phi) is 5.01. The van der Waals surface area contributed by atoms with Gasteiger partial charge in [-0.25, -0.2) is 10.4 Å². The molecule has 2 aliphatic rings. The van der Waals surface area contributed by atoms with E-state index in [2.05, 4.69) is 13.8 Å². The van der Waals surface area contributed by atoms with Gasteiger partial charge < -0.3 is 10.1 Å². The number of nitrogens with one attached hydrogen (secondary N) is 2. The molecule has 0 aromatic heterocycles. The highest BCUT2D eigenvalue weighted by molar-refractivity contribution is 4.74. The van der Waals surface area contributed by atoms with Crippen LogP contribution in [0.4, 0.5) is 0 Å². The molecule has 0 amide bonds. The number of hydrogen-bond acceptors (Lipinski definition) is 2. The molecule has 5 atom stereocenters. The largest absolute Gasteiger partial charge is 0.600 e. The van der Waals surface area contributed by atoms with Gasteiger partial charge in [-0.05, 0) is 19.3 Å². The van der Waals surface area contributed by atoms with E-state index in [1.54, 1.807) is 4.90 Å². The van der Waals surface area contributed by atoms with Gasteiger partial charge in [0.1, 0.15) is 6.04 Å². The molecular formula is C14H29N2O2+. The van der Waals surface area contributed by atoms with E-state index in [1.807, 2.05) is 0 Å². The van der Waals surface area contributed by atoms with Gasteiger partial charge in [-0.15, -0.1) is 0 Å². The average molecular weight is 257 g/mol. The molecule has 1 saturated carbocycles. The number of piperidine rings is 1. The zero-order valence-corrected chi connectivity index (χ0v) is 11.8. The summed E-state index contributed by atoms with van der Waals surface area (Å²) in [4.78, 5) is 1.65. The summed E-state index contributed by atoms with van der Waals surface area (Å²) in [6.07, 6.45) is 5.71. The summed E-state index contributed by atoms with van der Waals surface area (Å²) in [5.41, 5.74) is 0.